The zero-order chi connectivity index (χ0) is 13.9. The fourth-order valence-corrected chi connectivity index (χ4v) is 2.15. The normalized spacial score (nSPS) is 10.4. The van der Waals surface area contributed by atoms with Gasteiger partial charge in [-0.2, -0.15) is 0 Å². The van der Waals surface area contributed by atoms with Crippen LogP contribution in [0.3, 0.4) is 0 Å². The van der Waals surface area contributed by atoms with E-state index >= 15 is 0 Å². The number of rotatable bonds is 3. The molecule has 0 bridgehead atoms. The average molecular weight is 264 g/mol. The second-order valence-electron chi connectivity index (χ2n) is 4.39. The van der Waals surface area contributed by atoms with Gasteiger partial charge in [0.05, 0.1) is 5.56 Å². The summed E-state index contributed by atoms with van der Waals surface area (Å²) >= 11 is 0. The summed E-state index contributed by atoms with van der Waals surface area (Å²) in [5, 5.41) is 11.5. The molecule has 0 amide bonds. The van der Waals surface area contributed by atoms with Gasteiger partial charge in [-0.25, -0.2) is 0 Å². The highest BCUT2D eigenvalue weighted by molar-refractivity contribution is 6.00. The SMILES string of the molecule is O=Cc1c(Oc2ccccc2O)ccc2ccccc12. The monoisotopic (exact) mass is 264 g/mol. The molecular formula is C17H12O3. The number of carbonyl (C=O) groups is 1. The third-order valence-electron chi connectivity index (χ3n) is 3.13. The van der Waals surface area contributed by atoms with Crippen molar-refractivity contribution in [2.75, 3.05) is 0 Å². The van der Waals surface area contributed by atoms with E-state index in [1.165, 1.54) is 6.07 Å². The van der Waals surface area contributed by atoms with Crippen molar-refractivity contribution in [1.82, 2.24) is 0 Å². The molecule has 1 N–H and O–H groups in total. The van der Waals surface area contributed by atoms with E-state index in [2.05, 4.69) is 0 Å². The number of hydrogen-bond acceptors (Lipinski definition) is 3. The van der Waals surface area contributed by atoms with Crippen LogP contribution in [0.4, 0.5) is 0 Å². The molecule has 0 spiro atoms. The predicted molar refractivity (Wildman–Crippen MR) is 77.5 cm³/mol. The summed E-state index contributed by atoms with van der Waals surface area (Å²) in [6.07, 6.45) is 0.775. The highest BCUT2D eigenvalue weighted by Gasteiger charge is 2.10. The average Bonchev–Trinajstić information content (AvgIpc) is 2.49. The minimum Gasteiger partial charge on any atom is -0.504 e. The minimum absolute atomic E-state index is 0.0394. The van der Waals surface area contributed by atoms with Crippen molar-refractivity contribution in [3.63, 3.8) is 0 Å². The van der Waals surface area contributed by atoms with Crippen molar-refractivity contribution in [2.45, 2.75) is 0 Å². The Bertz CT molecular complexity index is 778. The molecular weight excluding hydrogens is 252 g/mol. The van der Waals surface area contributed by atoms with Crippen LogP contribution in [0.5, 0.6) is 17.2 Å². The molecule has 98 valence electrons. The third kappa shape index (κ3) is 2.10. The molecule has 0 aliphatic rings. The molecule has 0 heterocycles. The zero-order valence-corrected chi connectivity index (χ0v) is 10.6. The minimum atomic E-state index is 0.0394. The van der Waals surface area contributed by atoms with Crippen LogP contribution in [0.15, 0.2) is 60.7 Å². The lowest BCUT2D eigenvalue weighted by molar-refractivity contribution is 0.112. The second kappa shape index (κ2) is 5.05. The molecule has 3 nitrogen and oxygen atoms in total. The number of benzene rings is 3. The van der Waals surface area contributed by atoms with E-state index in [4.69, 9.17) is 4.74 Å². The van der Waals surface area contributed by atoms with E-state index < -0.39 is 0 Å². The summed E-state index contributed by atoms with van der Waals surface area (Å²) in [6.45, 7) is 0. The lowest BCUT2D eigenvalue weighted by atomic mass is 10.0. The number of aromatic hydroxyl groups is 1. The highest BCUT2D eigenvalue weighted by Crippen LogP contribution is 2.34. The molecule has 0 unspecified atom stereocenters. The van der Waals surface area contributed by atoms with Gasteiger partial charge < -0.3 is 9.84 Å². The van der Waals surface area contributed by atoms with Gasteiger partial charge in [-0.15, -0.1) is 0 Å². The summed E-state index contributed by atoms with van der Waals surface area (Å²) in [7, 11) is 0. The standard InChI is InChI=1S/C17H12O3/c18-11-14-13-6-2-1-5-12(13)9-10-16(14)20-17-8-4-3-7-15(17)19/h1-11,19H. The summed E-state index contributed by atoms with van der Waals surface area (Å²) in [4.78, 5) is 11.4. The highest BCUT2D eigenvalue weighted by atomic mass is 16.5. The molecule has 0 aromatic heterocycles. The van der Waals surface area contributed by atoms with Crippen LogP contribution in [-0.2, 0) is 0 Å². The van der Waals surface area contributed by atoms with Gasteiger partial charge in [0.25, 0.3) is 0 Å². The van der Waals surface area contributed by atoms with E-state index in [0.717, 1.165) is 17.1 Å². The fraction of sp³-hybridized carbons (Fsp3) is 0. The van der Waals surface area contributed by atoms with Crippen molar-refractivity contribution < 1.29 is 14.6 Å². The summed E-state index contributed by atoms with van der Waals surface area (Å²) in [5.41, 5.74) is 0.478. The number of hydrogen-bond donors (Lipinski definition) is 1. The zero-order valence-electron chi connectivity index (χ0n) is 10.6. The molecule has 0 aliphatic heterocycles. The molecule has 20 heavy (non-hydrogen) atoms. The van der Waals surface area contributed by atoms with Crippen LogP contribution in [0.2, 0.25) is 0 Å². The number of phenolic OH excluding ortho intramolecular Hbond substituents is 1. The van der Waals surface area contributed by atoms with Crippen molar-refractivity contribution in [2.24, 2.45) is 0 Å². The van der Waals surface area contributed by atoms with Crippen LogP contribution >= 0.6 is 0 Å². The number of para-hydroxylation sites is 2. The van der Waals surface area contributed by atoms with Gasteiger partial charge in [-0.05, 0) is 29.0 Å². The van der Waals surface area contributed by atoms with Gasteiger partial charge in [0, 0.05) is 0 Å². The van der Waals surface area contributed by atoms with Crippen molar-refractivity contribution in [3.05, 3.63) is 66.2 Å². The maximum absolute atomic E-state index is 11.4. The molecule has 3 rings (SSSR count). The first-order chi connectivity index (χ1) is 9.79. The van der Waals surface area contributed by atoms with E-state index in [0.29, 0.717) is 17.1 Å². The predicted octanol–water partition coefficient (Wildman–Crippen LogP) is 4.15. The Kier molecular flexibility index (Phi) is 3.09. The van der Waals surface area contributed by atoms with Gasteiger partial charge in [0.2, 0.25) is 0 Å². The van der Waals surface area contributed by atoms with Gasteiger partial charge in [-0.3, -0.25) is 4.79 Å². The first-order valence-electron chi connectivity index (χ1n) is 6.22. The number of phenols is 1. The Morgan fingerprint density at radius 1 is 0.850 bits per heavy atom. The number of ether oxygens (including phenoxy) is 1. The van der Waals surface area contributed by atoms with Crippen LogP contribution in [-0.4, -0.2) is 11.4 Å². The summed E-state index contributed by atoms with van der Waals surface area (Å²) < 4.78 is 5.66. The van der Waals surface area contributed by atoms with Crippen molar-refractivity contribution in [1.29, 1.82) is 0 Å². The van der Waals surface area contributed by atoms with Crippen molar-refractivity contribution >= 4 is 17.1 Å². The van der Waals surface area contributed by atoms with Gasteiger partial charge in [0.1, 0.15) is 5.75 Å². The topological polar surface area (TPSA) is 46.5 Å². The second-order valence-corrected chi connectivity index (χ2v) is 4.39. The molecule has 0 fully saturated rings. The Balaban J connectivity index is 2.12. The van der Waals surface area contributed by atoms with Gasteiger partial charge in [0.15, 0.2) is 17.8 Å². The fourth-order valence-electron chi connectivity index (χ4n) is 2.15. The third-order valence-corrected chi connectivity index (χ3v) is 3.13. The molecule has 0 saturated carbocycles. The van der Waals surface area contributed by atoms with Crippen LogP contribution < -0.4 is 4.74 Å². The smallest absolute Gasteiger partial charge is 0.169 e. The Labute approximate surface area is 116 Å². The Morgan fingerprint density at radius 3 is 2.40 bits per heavy atom. The lowest BCUT2D eigenvalue weighted by Gasteiger charge is -2.11. The number of carbonyl (C=O) groups excluding carboxylic acids is 1. The summed E-state index contributed by atoms with van der Waals surface area (Å²) in [5.74, 6) is 0.795. The largest absolute Gasteiger partial charge is 0.504 e. The molecule has 3 aromatic rings. The number of aldehydes is 1. The molecule has 0 saturated heterocycles. The van der Waals surface area contributed by atoms with Crippen LogP contribution in [0, 0.1) is 0 Å². The van der Waals surface area contributed by atoms with E-state index in [-0.39, 0.29) is 5.75 Å². The van der Waals surface area contributed by atoms with Crippen LogP contribution in [0.25, 0.3) is 10.8 Å². The molecule has 0 aliphatic carbocycles. The summed E-state index contributed by atoms with van der Waals surface area (Å²) in [6, 6.07) is 17.9. The van der Waals surface area contributed by atoms with Crippen LogP contribution in [0.1, 0.15) is 10.4 Å². The van der Waals surface area contributed by atoms with E-state index in [1.807, 2.05) is 30.3 Å². The first kappa shape index (κ1) is 12.2. The van der Waals surface area contributed by atoms with Gasteiger partial charge in [-0.1, -0.05) is 42.5 Å². The Morgan fingerprint density at radius 2 is 1.60 bits per heavy atom. The molecule has 0 atom stereocenters. The number of fused-ring (bicyclic) bond motifs is 1. The Hall–Kier alpha value is -2.81. The van der Waals surface area contributed by atoms with Crippen molar-refractivity contribution in [3.8, 4) is 17.2 Å². The van der Waals surface area contributed by atoms with E-state index in [1.54, 1.807) is 24.3 Å². The molecule has 3 aromatic carbocycles. The molecule has 0 radical (unpaired) electrons. The van der Waals surface area contributed by atoms with Gasteiger partial charge >= 0.3 is 0 Å². The molecule has 3 heteroatoms. The lowest BCUT2D eigenvalue weighted by Crippen LogP contribution is -1.92. The van der Waals surface area contributed by atoms with E-state index in [9.17, 15) is 9.90 Å². The maximum atomic E-state index is 11.4. The maximum Gasteiger partial charge on any atom is 0.169 e. The quantitative estimate of drug-likeness (QED) is 0.723. The first-order valence-corrected chi connectivity index (χ1v) is 6.22.